The number of aliphatic hydroxyl groups excluding tert-OH is 1. The van der Waals surface area contributed by atoms with Crippen LogP contribution < -0.4 is 16.4 Å². The molecule has 2 aliphatic rings. The van der Waals surface area contributed by atoms with Crippen LogP contribution in [0.3, 0.4) is 0 Å². The third-order valence-corrected chi connectivity index (χ3v) is 10.8. The van der Waals surface area contributed by atoms with Gasteiger partial charge in [0.15, 0.2) is 6.29 Å². The van der Waals surface area contributed by atoms with Gasteiger partial charge in [-0.1, -0.05) is 117 Å². The number of benzene rings is 4. The number of likely N-dealkylation sites (tertiary alicyclic amines) is 1. The smallest absolute Gasteiger partial charge is 0.224 e. The van der Waals surface area contributed by atoms with Crippen LogP contribution in [-0.2, 0) is 32.2 Å². The number of unbranched alkanes of at least 4 members (excludes halogenated alkanes) is 3. The molecule has 2 amide bonds. The summed E-state index contributed by atoms with van der Waals surface area (Å²) >= 11 is 0. The van der Waals surface area contributed by atoms with Crippen molar-refractivity contribution < 1.29 is 24.2 Å². The summed E-state index contributed by atoms with van der Waals surface area (Å²) in [6.45, 7) is 3.59. The monoisotopic (exact) mass is 746 g/mol. The average molecular weight is 747 g/mol. The average Bonchev–Trinajstić information content (AvgIpc) is 3.20. The lowest BCUT2D eigenvalue weighted by atomic mass is 9.97. The second-order valence-electron chi connectivity index (χ2n) is 15.0. The summed E-state index contributed by atoms with van der Waals surface area (Å²) < 4.78 is 13.3. The lowest BCUT2D eigenvalue weighted by molar-refractivity contribution is -0.253. The van der Waals surface area contributed by atoms with Crippen molar-refractivity contribution in [1.29, 1.82) is 0 Å². The number of hydrogen-bond donors (Lipinski definition) is 4. The Kier molecular flexibility index (Phi) is 15.3. The predicted octanol–water partition coefficient (Wildman–Crippen LogP) is 8.84. The van der Waals surface area contributed by atoms with Gasteiger partial charge >= 0.3 is 0 Å². The normalized spacial score (nSPS) is 19.3. The van der Waals surface area contributed by atoms with Crippen molar-refractivity contribution in [3.63, 3.8) is 0 Å². The first-order valence-corrected chi connectivity index (χ1v) is 20.3. The SMILES string of the molecule is Nc1ccccc1NC(=O)CCCCCCC(=O)NCc1ccccc1-c1ccc([C@@H]2O[C@H](CN3CCCCCCC3)C[C@H](c3ccc(CO)cc3)O2)cc1. The molecule has 2 saturated heterocycles. The molecule has 0 spiro atoms. The number of amides is 2. The van der Waals surface area contributed by atoms with E-state index >= 15 is 0 Å². The van der Waals surface area contributed by atoms with Gasteiger partial charge in [-0.05, 0) is 78.7 Å². The van der Waals surface area contributed by atoms with Gasteiger partial charge < -0.3 is 35.8 Å². The number of nitrogens with zero attached hydrogens (tertiary/aromatic N) is 1. The van der Waals surface area contributed by atoms with E-state index in [1.165, 1.54) is 32.1 Å². The first-order valence-electron chi connectivity index (χ1n) is 20.3. The first kappa shape index (κ1) is 40.1. The fourth-order valence-electron chi connectivity index (χ4n) is 7.62. The highest BCUT2D eigenvalue weighted by Crippen LogP contribution is 2.39. The van der Waals surface area contributed by atoms with Crippen molar-refractivity contribution in [3.8, 4) is 11.1 Å². The van der Waals surface area contributed by atoms with E-state index in [1.54, 1.807) is 12.1 Å². The third-order valence-electron chi connectivity index (χ3n) is 10.8. The van der Waals surface area contributed by atoms with E-state index in [0.29, 0.717) is 30.8 Å². The van der Waals surface area contributed by atoms with Gasteiger partial charge in [-0.3, -0.25) is 9.59 Å². The number of carbonyl (C=O) groups is 2. The summed E-state index contributed by atoms with van der Waals surface area (Å²) in [7, 11) is 0. The highest BCUT2D eigenvalue weighted by atomic mass is 16.7. The van der Waals surface area contributed by atoms with Crippen molar-refractivity contribution in [2.45, 2.75) is 109 Å². The molecule has 0 saturated carbocycles. The number of nitrogens with one attached hydrogen (secondary N) is 2. The molecule has 0 bridgehead atoms. The number of rotatable bonds is 16. The molecule has 5 N–H and O–H groups in total. The number of hydrogen-bond acceptors (Lipinski definition) is 7. The second-order valence-corrected chi connectivity index (χ2v) is 15.0. The van der Waals surface area contributed by atoms with Crippen LogP contribution in [0.25, 0.3) is 11.1 Å². The molecular weight excluding hydrogens is 689 g/mol. The van der Waals surface area contributed by atoms with Crippen LogP contribution in [0, 0.1) is 0 Å². The predicted molar refractivity (Wildman–Crippen MR) is 219 cm³/mol. The van der Waals surface area contributed by atoms with E-state index in [4.69, 9.17) is 15.2 Å². The molecule has 4 aromatic carbocycles. The molecule has 0 aromatic heterocycles. The van der Waals surface area contributed by atoms with E-state index < -0.39 is 6.29 Å². The van der Waals surface area contributed by atoms with Crippen molar-refractivity contribution in [1.82, 2.24) is 10.2 Å². The summed E-state index contributed by atoms with van der Waals surface area (Å²) in [5.74, 6) is -0.0165. The maximum atomic E-state index is 12.8. The Morgan fingerprint density at radius 3 is 2.11 bits per heavy atom. The molecule has 0 unspecified atom stereocenters. The lowest BCUT2D eigenvalue weighted by Crippen LogP contribution is -2.40. The van der Waals surface area contributed by atoms with Crippen molar-refractivity contribution >= 4 is 23.2 Å². The number of nitrogen functional groups attached to an aromatic ring is 1. The molecule has 2 aliphatic heterocycles. The van der Waals surface area contributed by atoms with Gasteiger partial charge in [0, 0.05) is 37.9 Å². The van der Waals surface area contributed by atoms with Crippen LogP contribution in [0.15, 0.2) is 97.1 Å². The van der Waals surface area contributed by atoms with Crippen molar-refractivity contribution in [2.75, 3.05) is 30.7 Å². The Bertz CT molecular complexity index is 1790. The van der Waals surface area contributed by atoms with Gasteiger partial charge in [-0.15, -0.1) is 0 Å². The zero-order valence-corrected chi connectivity index (χ0v) is 32.1. The Morgan fingerprint density at radius 1 is 0.727 bits per heavy atom. The van der Waals surface area contributed by atoms with Gasteiger partial charge in [0.2, 0.25) is 11.8 Å². The van der Waals surface area contributed by atoms with Crippen molar-refractivity contribution in [3.05, 3.63) is 119 Å². The summed E-state index contributed by atoms with van der Waals surface area (Å²) in [4.78, 5) is 27.6. The van der Waals surface area contributed by atoms with Crippen LogP contribution in [0.1, 0.15) is 112 Å². The van der Waals surface area contributed by atoms with Gasteiger partial charge in [0.25, 0.3) is 0 Å². The molecule has 2 heterocycles. The topological polar surface area (TPSA) is 126 Å². The molecule has 4 aromatic rings. The number of nitrogens with two attached hydrogens (primary N) is 1. The molecule has 3 atom stereocenters. The molecule has 55 heavy (non-hydrogen) atoms. The lowest BCUT2D eigenvalue weighted by Gasteiger charge is -2.39. The van der Waals surface area contributed by atoms with E-state index in [-0.39, 0.29) is 30.6 Å². The van der Waals surface area contributed by atoms with E-state index in [2.05, 4.69) is 64.1 Å². The minimum absolute atomic E-state index is 0.0218. The van der Waals surface area contributed by atoms with Crippen LogP contribution in [-0.4, -0.2) is 47.6 Å². The molecule has 0 radical (unpaired) electrons. The molecule has 9 heteroatoms. The largest absolute Gasteiger partial charge is 0.397 e. The van der Waals surface area contributed by atoms with Crippen LogP contribution in [0.4, 0.5) is 11.4 Å². The van der Waals surface area contributed by atoms with Gasteiger partial charge in [0.1, 0.15) is 0 Å². The number of ether oxygens (including phenoxy) is 2. The Labute approximate surface area is 326 Å². The maximum Gasteiger partial charge on any atom is 0.224 e. The van der Waals surface area contributed by atoms with Gasteiger partial charge in [0.05, 0.1) is 30.2 Å². The number of aliphatic hydroxyl groups is 1. The van der Waals surface area contributed by atoms with E-state index in [9.17, 15) is 14.7 Å². The molecular formula is C46H58N4O5. The molecule has 0 aliphatic carbocycles. The highest BCUT2D eigenvalue weighted by molar-refractivity contribution is 5.93. The number of carbonyl (C=O) groups excluding carboxylic acids is 2. The Hall–Kier alpha value is -4.54. The minimum Gasteiger partial charge on any atom is -0.397 e. The standard InChI is InChI=1S/C46H58N4O5/c47-41-16-10-11-17-42(41)49-45(53)19-7-3-2-6-18-44(52)48-31-38-14-8-9-15-40(38)35-24-26-37(27-25-35)46-54-39(32-50-28-12-4-1-5-13-29-50)30-43(55-46)36-22-20-34(33-51)21-23-36/h8-11,14-17,20-27,39,43,46,51H,1-7,12-13,18-19,28-33,47H2,(H,48,52)(H,49,53)/t39-,43+,46+/m0/s1. The summed E-state index contributed by atoms with van der Waals surface area (Å²) in [6.07, 6.45) is 10.8. The molecule has 2 fully saturated rings. The Morgan fingerprint density at radius 2 is 1.38 bits per heavy atom. The number of anilines is 2. The van der Waals surface area contributed by atoms with Crippen LogP contribution in [0.5, 0.6) is 0 Å². The van der Waals surface area contributed by atoms with Gasteiger partial charge in [-0.2, -0.15) is 0 Å². The fourth-order valence-corrected chi connectivity index (χ4v) is 7.62. The molecule has 9 nitrogen and oxygen atoms in total. The highest BCUT2D eigenvalue weighted by Gasteiger charge is 2.33. The first-order chi connectivity index (χ1) is 26.9. The zero-order chi connectivity index (χ0) is 38.2. The van der Waals surface area contributed by atoms with Crippen LogP contribution >= 0.6 is 0 Å². The van der Waals surface area contributed by atoms with Crippen LogP contribution in [0.2, 0.25) is 0 Å². The second kappa shape index (κ2) is 20.9. The minimum atomic E-state index is -0.495. The Balaban J connectivity index is 1.01. The zero-order valence-electron chi connectivity index (χ0n) is 32.1. The quantitative estimate of drug-likeness (QED) is 0.0667. The van der Waals surface area contributed by atoms with Crippen molar-refractivity contribution in [2.24, 2.45) is 0 Å². The third kappa shape index (κ3) is 12.2. The van der Waals surface area contributed by atoms with E-state index in [1.807, 2.05) is 36.4 Å². The molecule has 6 rings (SSSR count). The summed E-state index contributed by atoms with van der Waals surface area (Å²) in [5, 5.41) is 15.6. The number of para-hydroxylation sites is 2. The summed E-state index contributed by atoms with van der Waals surface area (Å²) in [5.41, 5.74) is 13.3. The fraction of sp³-hybridized carbons (Fsp3) is 0.435. The summed E-state index contributed by atoms with van der Waals surface area (Å²) in [6, 6.07) is 31.9. The maximum absolute atomic E-state index is 12.8. The van der Waals surface area contributed by atoms with E-state index in [0.717, 1.165) is 85.1 Å². The van der Waals surface area contributed by atoms with Gasteiger partial charge in [-0.25, -0.2) is 0 Å². The molecule has 292 valence electrons.